The molecule has 0 radical (unpaired) electrons. The molecule has 1 nitrogen and oxygen atoms in total. The minimum Gasteiger partial charge on any atom is -0.310 e. The highest BCUT2D eigenvalue weighted by molar-refractivity contribution is 14.1. The molecule has 0 heterocycles. The molecule has 0 atom stereocenters. The van der Waals surface area contributed by atoms with Crippen molar-refractivity contribution in [3.8, 4) is 0 Å². The van der Waals surface area contributed by atoms with Crippen LogP contribution in [0.5, 0.6) is 0 Å². The van der Waals surface area contributed by atoms with Crippen LogP contribution in [0.3, 0.4) is 0 Å². The number of rotatable bonds is 3. The van der Waals surface area contributed by atoms with Gasteiger partial charge >= 0.3 is 0 Å². The summed E-state index contributed by atoms with van der Waals surface area (Å²) in [6.07, 6.45) is 0. The highest BCUT2D eigenvalue weighted by Crippen LogP contribution is 2.43. The van der Waals surface area contributed by atoms with Crippen LogP contribution < -0.4 is 4.90 Å². The van der Waals surface area contributed by atoms with Gasteiger partial charge in [0, 0.05) is 20.6 Å². The average molecular weight is 551 g/mol. The van der Waals surface area contributed by atoms with Gasteiger partial charge < -0.3 is 4.90 Å². The lowest BCUT2D eigenvalue weighted by molar-refractivity contribution is 1.21. The van der Waals surface area contributed by atoms with E-state index in [0.717, 1.165) is 0 Å². The Bertz CT molecular complexity index is 1640. The molecular weight excluding hydrogens is 525 g/mol. The Morgan fingerprint density at radius 3 is 1.65 bits per heavy atom. The lowest BCUT2D eigenvalue weighted by Crippen LogP contribution is -2.13. The van der Waals surface area contributed by atoms with Crippen molar-refractivity contribution in [3.63, 3.8) is 0 Å². The van der Waals surface area contributed by atoms with E-state index in [2.05, 4.69) is 140 Å². The molecule has 0 aliphatic heterocycles. The summed E-state index contributed by atoms with van der Waals surface area (Å²) in [5.74, 6) is 0. The Labute approximate surface area is 214 Å². The van der Waals surface area contributed by atoms with Gasteiger partial charge in [0.1, 0.15) is 0 Å². The first kappa shape index (κ1) is 21.4. The zero-order valence-corrected chi connectivity index (χ0v) is 22.1. The Morgan fingerprint density at radius 2 is 1.06 bits per heavy atom. The number of aryl methyl sites for hydroxylation is 4. The first-order chi connectivity index (χ1) is 16.4. The minimum atomic E-state index is 1.19. The Kier molecular flexibility index (Phi) is 5.03. The number of hydrogen-bond acceptors (Lipinski definition) is 1. The molecule has 6 rings (SSSR count). The monoisotopic (exact) mass is 551 g/mol. The molecule has 34 heavy (non-hydrogen) atoms. The molecule has 2 heteroatoms. The van der Waals surface area contributed by atoms with Gasteiger partial charge in [-0.05, 0) is 124 Å². The fourth-order valence-corrected chi connectivity index (χ4v) is 6.05. The number of nitrogens with zero attached hydrogens (tertiary/aromatic N) is 1. The van der Waals surface area contributed by atoms with Crippen molar-refractivity contribution < 1.29 is 0 Å². The fourth-order valence-electron chi connectivity index (χ4n) is 5.42. The SMILES string of the molecule is Cc1ccc(N(c2cc3ccc4ccc(I)c5ccc(c2)c3c45)c2ccc(C)cc2C)c(C)c1. The Morgan fingerprint density at radius 1 is 0.529 bits per heavy atom. The summed E-state index contributed by atoms with van der Waals surface area (Å²) in [5, 5.41) is 7.95. The lowest BCUT2D eigenvalue weighted by atomic mass is 9.93. The maximum atomic E-state index is 2.46. The van der Waals surface area contributed by atoms with Gasteiger partial charge in [-0.15, -0.1) is 0 Å². The van der Waals surface area contributed by atoms with Gasteiger partial charge in [0.2, 0.25) is 0 Å². The summed E-state index contributed by atoms with van der Waals surface area (Å²) >= 11 is 2.46. The summed E-state index contributed by atoms with van der Waals surface area (Å²) in [6.45, 7) is 8.75. The largest absolute Gasteiger partial charge is 0.310 e. The molecular formula is C32H26IN. The molecule has 0 aromatic heterocycles. The van der Waals surface area contributed by atoms with Crippen molar-refractivity contribution in [1.29, 1.82) is 0 Å². The smallest absolute Gasteiger partial charge is 0.0491 e. The van der Waals surface area contributed by atoms with Gasteiger partial charge in [0.05, 0.1) is 0 Å². The van der Waals surface area contributed by atoms with Crippen LogP contribution >= 0.6 is 22.6 Å². The molecule has 0 fully saturated rings. The lowest BCUT2D eigenvalue weighted by Gasteiger charge is -2.29. The number of halogens is 1. The Balaban J connectivity index is 1.67. The second-order valence-corrected chi connectivity index (χ2v) is 10.7. The maximum absolute atomic E-state index is 2.46. The molecule has 0 bridgehead atoms. The van der Waals surface area contributed by atoms with Gasteiger partial charge in [-0.2, -0.15) is 0 Å². The third-order valence-corrected chi connectivity index (χ3v) is 7.92. The van der Waals surface area contributed by atoms with Gasteiger partial charge in [-0.3, -0.25) is 0 Å². The Hall–Kier alpha value is -3.11. The molecule has 0 amide bonds. The quantitative estimate of drug-likeness (QED) is 0.156. The predicted molar refractivity (Wildman–Crippen MR) is 156 cm³/mol. The van der Waals surface area contributed by atoms with Crippen LogP contribution in [0.25, 0.3) is 32.3 Å². The number of benzene rings is 6. The number of hydrogen-bond donors (Lipinski definition) is 0. The van der Waals surface area contributed by atoms with E-state index in [1.807, 2.05) is 0 Å². The molecule has 0 saturated heterocycles. The molecule has 0 aliphatic carbocycles. The van der Waals surface area contributed by atoms with Crippen LogP contribution in [0, 0.1) is 31.3 Å². The minimum absolute atomic E-state index is 1.19. The van der Waals surface area contributed by atoms with Gasteiger partial charge in [-0.1, -0.05) is 65.7 Å². The van der Waals surface area contributed by atoms with E-state index in [-0.39, 0.29) is 0 Å². The standard InChI is InChI=1S/C32H26IN/c1-19-5-13-29(21(3)15-19)34(30-14-6-20(2)16-22(30)4)26-17-24-8-7-23-10-12-28(33)27-11-9-25(18-26)31(24)32(23)27/h5-18H,1-4H3. The predicted octanol–water partition coefficient (Wildman–Crippen LogP) is 9.89. The second-order valence-electron chi connectivity index (χ2n) is 9.51. The van der Waals surface area contributed by atoms with E-state index < -0.39 is 0 Å². The van der Waals surface area contributed by atoms with E-state index in [0.29, 0.717) is 0 Å². The van der Waals surface area contributed by atoms with E-state index in [1.54, 1.807) is 0 Å². The third kappa shape index (κ3) is 3.35. The molecule has 6 aromatic rings. The summed E-state index contributed by atoms with van der Waals surface area (Å²) in [7, 11) is 0. The molecule has 0 aliphatic rings. The number of anilines is 3. The van der Waals surface area contributed by atoms with Crippen molar-refractivity contribution in [1.82, 2.24) is 0 Å². The summed E-state index contributed by atoms with van der Waals surface area (Å²) in [4.78, 5) is 2.43. The van der Waals surface area contributed by atoms with Crippen LogP contribution in [0.4, 0.5) is 17.1 Å². The molecule has 166 valence electrons. The van der Waals surface area contributed by atoms with Crippen LogP contribution in [0.1, 0.15) is 22.3 Å². The maximum Gasteiger partial charge on any atom is 0.0491 e. The zero-order valence-electron chi connectivity index (χ0n) is 19.9. The van der Waals surface area contributed by atoms with Crippen molar-refractivity contribution in [2.75, 3.05) is 4.90 Å². The molecule has 0 spiro atoms. The van der Waals surface area contributed by atoms with Crippen LogP contribution in [-0.2, 0) is 0 Å². The van der Waals surface area contributed by atoms with Crippen molar-refractivity contribution in [3.05, 3.63) is 111 Å². The molecule has 6 aromatic carbocycles. The molecule has 0 unspecified atom stereocenters. The summed E-state index contributed by atoms with van der Waals surface area (Å²) in [6, 6.07) is 31.8. The zero-order chi connectivity index (χ0) is 23.6. The van der Waals surface area contributed by atoms with E-state index >= 15 is 0 Å². The summed E-state index contributed by atoms with van der Waals surface area (Å²) in [5.41, 5.74) is 8.76. The van der Waals surface area contributed by atoms with Gasteiger partial charge in [0.25, 0.3) is 0 Å². The second kappa shape index (κ2) is 7.99. The average Bonchev–Trinajstić information content (AvgIpc) is 2.81. The van der Waals surface area contributed by atoms with E-state index in [9.17, 15) is 0 Å². The summed E-state index contributed by atoms with van der Waals surface area (Å²) < 4.78 is 1.30. The van der Waals surface area contributed by atoms with Crippen LogP contribution in [0.2, 0.25) is 0 Å². The molecule has 0 saturated carbocycles. The first-order valence-electron chi connectivity index (χ1n) is 11.7. The highest BCUT2D eigenvalue weighted by atomic mass is 127. The van der Waals surface area contributed by atoms with Crippen molar-refractivity contribution >= 4 is 72.0 Å². The highest BCUT2D eigenvalue weighted by Gasteiger charge is 2.19. The fraction of sp³-hybridized carbons (Fsp3) is 0.125. The van der Waals surface area contributed by atoms with Crippen LogP contribution in [0.15, 0.2) is 84.9 Å². The molecule has 0 N–H and O–H groups in total. The van der Waals surface area contributed by atoms with E-state index in [1.165, 1.54) is 75.2 Å². The first-order valence-corrected chi connectivity index (χ1v) is 12.8. The van der Waals surface area contributed by atoms with Crippen molar-refractivity contribution in [2.24, 2.45) is 0 Å². The van der Waals surface area contributed by atoms with Crippen LogP contribution in [-0.4, -0.2) is 0 Å². The van der Waals surface area contributed by atoms with E-state index in [4.69, 9.17) is 0 Å². The topological polar surface area (TPSA) is 3.24 Å². The van der Waals surface area contributed by atoms with Crippen molar-refractivity contribution in [2.45, 2.75) is 27.7 Å². The van der Waals surface area contributed by atoms with Gasteiger partial charge in [0.15, 0.2) is 0 Å². The normalized spacial score (nSPS) is 11.7. The third-order valence-electron chi connectivity index (χ3n) is 6.98. The van der Waals surface area contributed by atoms with Gasteiger partial charge in [-0.25, -0.2) is 0 Å².